The molecular weight excluding hydrogens is 252 g/mol. The highest BCUT2D eigenvalue weighted by atomic mass is 16.5. The maximum absolute atomic E-state index is 12.1. The van der Waals surface area contributed by atoms with Crippen LogP contribution in [0.2, 0.25) is 0 Å². The average Bonchev–Trinajstić information content (AvgIpc) is 2.86. The van der Waals surface area contributed by atoms with Gasteiger partial charge in [0.05, 0.1) is 6.10 Å². The molecule has 1 aromatic rings. The topological polar surface area (TPSA) is 50.4 Å². The summed E-state index contributed by atoms with van der Waals surface area (Å²) >= 11 is 0. The Labute approximate surface area is 120 Å². The van der Waals surface area contributed by atoms with Gasteiger partial charge in [0.25, 0.3) is 5.91 Å². The zero-order valence-corrected chi connectivity index (χ0v) is 12.5. The van der Waals surface area contributed by atoms with E-state index in [0.717, 1.165) is 25.1 Å². The molecule has 0 aliphatic carbocycles. The normalized spacial score (nSPS) is 23.6. The van der Waals surface area contributed by atoms with E-state index in [0.29, 0.717) is 0 Å². The molecular formula is C16H24N2O2. The number of hydrogen-bond acceptors (Lipinski definition) is 3. The summed E-state index contributed by atoms with van der Waals surface area (Å²) in [5.74, 6) is -0.0393. The highest BCUT2D eigenvalue weighted by molar-refractivity contribution is 5.94. The van der Waals surface area contributed by atoms with E-state index in [1.807, 2.05) is 25.1 Å². The largest absolute Gasteiger partial charge is 0.365 e. The standard InChI is InChI=1S/C16H24N2O2/c1-4-17-12(3)13-6-5-7-14(10-13)18-16(19)15-9-8-11(2)20-15/h5-7,10-12,15,17H,4,8-9H2,1-3H3,(H,18,19). The Kier molecular flexibility index (Phi) is 5.15. The first-order valence-corrected chi connectivity index (χ1v) is 7.39. The van der Waals surface area contributed by atoms with Crippen molar-refractivity contribution in [2.45, 2.75) is 51.9 Å². The Bertz CT molecular complexity index is 462. The van der Waals surface area contributed by atoms with Crippen molar-refractivity contribution in [3.05, 3.63) is 29.8 Å². The van der Waals surface area contributed by atoms with Gasteiger partial charge >= 0.3 is 0 Å². The number of benzene rings is 1. The summed E-state index contributed by atoms with van der Waals surface area (Å²) in [4.78, 5) is 12.1. The molecule has 0 spiro atoms. The van der Waals surface area contributed by atoms with Crippen molar-refractivity contribution in [1.82, 2.24) is 5.32 Å². The Morgan fingerprint density at radius 2 is 2.25 bits per heavy atom. The lowest BCUT2D eigenvalue weighted by Gasteiger charge is -2.15. The first-order chi connectivity index (χ1) is 9.60. The molecule has 1 aliphatic heterocycles. The predicted molar refractivity (Wildman–Crippen MR) is 80.7 cm³/mol. The van der Waals surface area contributed by atoms with Gasteiger partial charge in [0, 0.05) is 11.7 Å². The molecule has 3 atom stereocenters. The molecule has 110 valence electrons. The van der Waals surface area contributed by atoms with Gasteiger partial charge in [-0.1, -0.05) is 19.1 Å². The van der Waals surface area contributed by atoms with Crippen LogP contribution in [-0.4, -0.2) is 24.7 Å². The summed E-state index contributed by atoms with van der Waals surface area (Å²) < 4.78 is 5.59. The van der Waals surface area contributed by atoms with E-state index >= 15 is 0 Å². The van der Waals surface area contributed by atoms with Gasteiger partial charge in [-0.05, 0) is 50.9 Å². The Balaban J connectivity index is 1.99. The lowest BCUT2D eigenvalue weighted by Crippen LogP contribution is -2.27. The second-order valence-corrected chi connectivity index (χ2v) is 5.41. The Morgan fingerprint density at radius 3 is 2.90 bits per heavy atom. The van der Waals surface area contributed by atoms with Crippen molar-refractivity contribution >= 4 is 11.6 Å². The van der Waals surface area contributed by atoms with Gasteiger partial charge < -0.3 is 15.4 Å². The van der Waals surface area contributed by atoms with Crippen LogP contribution < -0.4 is 10.6 Å². The van der Waals surface area contributed by atoms with Crippen LogP contribution in [-0.2, 0) is 9.53 Å². The zero-order valence-electron chi connectivity index (χ0n) is 12.5. The number of carbonyl (C=O) groups is 1. The molecule has 4 heteroatoms. The highest BCUT2D eigenvalue weighted by Crippen LogP contribution is 2.22. The number of carbonyl (C=O) groups excluding carboxylic acids is 1. The molecule has 0 saturated carbocycles. The van der Waals surface area contributed by atoms with Crippen molar-refractivity contribution < 1.29 is 9.53 Å². The molecule has 1 aliphatic rings. The second-order valence-electron chi connectivity index (χ2n) is 5.41. The van der Waals surface area contributed by atoms with Gasteiger partial charge in [0.15, 0.2) is 0 Å². The molecule has 0 radical (unpaired) electrons. The average molecular weight is 276 g/mol. The molecule has 0 bridgehead atoms. The number of nitrogens with one attached hydrogen (secondary N) is 2. The van der Waals surface area contributed by atoms with Crippen molar-refractivity contribution in [2.24, 2.45) is 0 Å². The molecule has 1 amide bonds. The molecule has 0 aromatic heterocycles. The molecule has 1 heterocycles. The summed E-state index contributed by atoms with van der Waals surface area (Å²) in [6, 6.07) is 8.25. The quantitative estimate of drug-likeness (QED) is 0.869. The zero-order chi connectivity index (χ0) is 14.5. The van der Waals surface area contributed by atoms with E-state index in [-0.39, 0.29) is 24.2 Å². The third-order valence-electron chi connectivity index (χ3n) is 3.69. The van der Waals surface area contributed by atoms with E-state index in [4.69, 9.17) is 4.74 Å². The van der Waals surface area contributed by atoms with Crippen molar-refractivity contribution in [3.63, 3.8) is 0 Å². The Morgan fingerprint density at radius 1 is 1.45 bits per heavy atom. The minimum atomic E-state index is -0.306. The smallest absolute Gasteiger partial charge is 0.253 e. The summed E-state index contributed by atoms with van der Waals surface area (Å²) in [5.41, 5.74) is 2.01. The number of anilines is 1. The lowest BCUT2D eigenvalue weighted by atomic mass is 10.1. The molecule has 1 saturated heterocycles. The molecule has 3 unspecified atom stereocenters. The van der Waals surface area contributed by atoms with Crippen LogP contribution in [0.15, 0.2) is 24.3 Å². The van der Waals surface area contributed by atoms with Gasteiger partial charge in [-0.25, -0.2) is 0 Å². The van der Waals surface area contributed by atoms with Crippen molar-refractivity contribution in [2.75, 3.05) is 11.9 Å². The fraction of sp³-hybridized carbons (Fsp3) is 0.562. The minimum absolute atomic E-state index is 0.0393. The van der Waals surface area contributed by atoms with Gasteiger partial charge in [0.2, 0.25) is 0 Å². The Hall–Kier alpha value is -1.39. The maximum Gasteiger partial charge on any atom is 0.253 e. The third kappa shape index (κ3) is 3.81. The fourth-order valence-corrected chi connectivity index (χ4v) is 2.53. The summed E-state index contributed by atoms with van der Waals surface area (Å²) in [6.07, 6.45) is 1.64. The number of amides is 1. The molecule has 2 rings (SSSR count). The van der Waals surface area contributed by atoms with Crippen LogP contribution >= 0.6 is 0 Å². The minimum Gasteiger partial charge on any atom is -0.365 e. The van der Waals surface area contributed by atoms with E-state index in [1.165, 1.54) is 5.56 Å². The second kappa shape index (κ2) is 6.86. The fourth-order valence-electron chi connectivity index (χ4n) is 2.53. The number of hydrogen-bond donors (Lipinski definition) is 2. The molecule has 2 N–H and O–H groups in total. The highest BCUT2D eigenvalue weighted by Gasteiger charge is 2.28. The maximum atomic E-state index is 12.1. The lowest BCUT2D eigenvalue weighted by molar-refractivity contribution is -0.126. The van der Waals surface area contributed by atoms with Crippen LogP contribution in [0.3, 0.4) is 0 Å². The SMILES string of the molecule is CCNC(C)c1cccc(NC(=O)C2CCC(C)O2)c1. The van der Waals surface area contributed by atoms with Gasteiger partial charge in [-0.2, -0.15) is 0 Å². The van der Waals surface area contributed by atoms with Crippen molar-refractivity contribution in [1.29, 1.82) is 0 Å². The number of rotatable bonds is 5. The molecule has 20 heavy (non-hydrogen) atoms. The van der Waals surface area contributed by atoms with Gasteiger partial charge in [-0.3, -0.25) is 4.79 Å². The van der Waals surface area contributed by atoms with Crippen LogP contribution in [0.5, 0.6) is 0 Å². The van der Waals surface area contributed by atoms with E-state index in [9.17, 15) is 4.79 Å². The summed E-state index contributed by atoms with van der Waals surface area (Å²) in [5, 5.41) is 6.32. The van der Waals surface area contributed by atoms with Gasteiger partial charge in [0.1, 0.15) is 6.10 Å². The predicted octanol–water partition coefficient (Wildman–Crippen LogP) is 2.86. The first kappa shape index (κ1) is 15.0. The third-order valence-corrected chi connectivity index (χ3v) is 3.69. The number of ether oxygens (including phenoxy) is 1. The first-order valence-electron chi connectivity index (χ1n) is 7.39. The van der Waals surface area contributed by atoms with Crippen LogP contribution in [0.25, 0.3) is 0 Å². The molecule has 1 fully saturated rings. The van der Waals surface area contributed by atoms with Crippen LogP contribution in [0, 0.1) is 0 Å². The van der Waals surface area contributed by atoms with Crippen LogP contribution in [0.1, 0.15) is 45.2 Å². The molecule has 1 aromatic carbocycles. The van der Waals surface area contributed by atoms with E-state index < -0.39 is 0 Å². The van der Waals surface area contributed by atoms with Crippen molar-refractivity contribution in [3.8, 4) is 0 Å². The van der Waals surface area contributed by atoms with E-state index in [2.05, 4.69) is 30.5 Å². The monoisotopic (exact) mass is 276 g/mol. The van der Waals surface area contributed by atoms with Crippen LogP contribution in [0.4, 0.5) is 5.69 Å². The summed E-state index contributed by atoms with van der Waals surface area (Å²) in [6.45, 7) is 7.13. The molecule has 4 nitrogen and oxygen atoms in total. The van der Waals surface area contributed by atoms with Gasteiger partial charge in [-0.15, -0.1) is 0 Å². The summed E-state index contributed by atoms with van der Waals surface area (Å²) in [7, 11) is 0. The van der Waals surface area contributed by atoms with E-state index in [1.54, 1.807) is 0 Å².